The second kappa shape index (κ2) is 6.18. The first-order valence-corrected chi connectivity index (χ1v) is 6.17. The third-order valence-electron chi connectivity index (χ3n) is 3.01. The van der Waals surface area contributed by atoms with Gasteiger partial charge in [0.05, 0.1) is 6.07 Å². The molecule has 1 aromatic heterocycles. The molecule has 0 spiro atoms. The van der Waals surface area contributed by atoms with Crippen LogP contribution < -0.4 is 0 Å². The predicted molar refractivity (Wildman–Crippen MR) is 70.1 cm³/mol. The average molecular weight is 243 g/mol. The highest BCUT2D eigenvalue weighted by Crippen LogP contribution is 2.14. The van der Waals surface area contributed by atoms with Gasteiger partial charge in [-0.2, -0.15) is 5.26 Å². The predicted octanol–water partition coefficient (Wildman–Crippen LogP) is 2.61. The van der Waals surface area contributed by atoms with Gasteiger partial charge >= 0.3 is 0 Å². The lowest BCUT2D eigenvalue weighted by molar-refractivity contribution is 0.335. The molecule has 0 N–H and O–H groups in total. The van der Waals surface area contributed by atoms with Crippen molar-refractivity contribution < 1.29 is 4.42 Å². The van der Waals surface area contributed by atoms with Gasteiger partial charge in [0, 0.05) is 13.0 Å². The highest BCUT2D eigenvalue weighted by Gasteiger charge is 2.02. The van der Waals surface area contributed by atoms with Gasteiger partial charge in [0.2, 0.25) is 0 Å². The molecule has 0 aliphatic heterocycles. The fraction of sp³-hybridized carbons (Fsp3) is 0.429. The van der Waals surface area contributed by atoms with Crippen molar-refractivity contribution in [3.8, 4) is 6.07 Å². The standard InChI is InChI=1S/C14H17N3O/c1-17(8-3-2-7-15)9-6-12-4-5-13-14(10-12)18-11-16-13/h4-5,10-11H,2-3,6,8-9H2,1H3. The molecule has 2 rings (SSSR count). The second-order valence-corrected chi connectivity index (χ2v) is 4.47. The fourth-order valence-electron chi connectivity index (χ4n) is 1.91. The number of nitriles is 1. The summed E-state index contributed by atoms with van der Waals surface area (Å²) in [6.07, 6.45) is 4.03. The third-order valence-corrected chi connectivity index (χ3v) is 3.01. The molecule has 1 heterocycles. The van der Waals surface area contributed by atoms with Gasteiger partial charge in [-0.05, 0) is 44.1 Å². The first-order chi connectivity index (χ1) is 8.79. The van der Waals surface area contributed by atoms with Crippen molar-refractivity contribution in [3.05, 3.63) is 30.2 Å². The smallest absolute Gasteiger partial charge is 0.181 e. The molecule has 0 unspecified atom stereocenters. The number of likely N-dealkylation sites (N-methyl/N-ethyl adjacent to an activating group) is 1. The number of hydrogen-bond acceptors (Lipinski definition) is 4. The van der Waals surface area contributed by atoms with Gasteiger partial charge in [-0.15, -0.1) is 0 Å². The summed E-state index contributed by atoms with van der Waals surface area (Å²) in [5, 5.41) is 8.48. The van der Waals surface area contributed by atoms with Gasteiger partial charge < -0.3 is 9.32 Å². The zero-order chi connectivity index (χ0) is 12.8. The number of aromatic nitrogens is 1. The van der Waals surface area contributed by atoms with Crippen LogP contribution in [-0.2, 0) is 6.42 Å². The molecule has 0 bridgehead atoms. The summed E-state index contributed by atoms with van der Waals surface area (Å²) in [4.78, 5) is 6.35. The van der Waals surface area contributed by atoms with Gasteiger partial charge in [0.15, 0.2) is 12.0 Å². The Kier molecular flexibility index (Phi) is 4.32. The van der Waals surface area contributed by atoms with Gasteiger partial charge in [0.1, 0.15) is 5.52 Å². The Morgan fingerprint density at radius 2 is 2.28 bits per heavy atom. The average Bonchev–Trinajstić information content (AvgIpc) is 2.84. The first kappa shape index (κ1) is 12.6. The molecule has 0 saturated carbocycles. The molecular formula is C14H17N3O. The van der Waals surface area contributed by atoms with E-state index in [9.17, 15) is 0 Å². The van der Waals surface area contributed by atoms with Crippen molar-refractivity contribution in [3.63, 3.8) is 0 Å². The highest BCUT2D eigenvalue weighted by atomic mass is 16.3. The normalized spacial score (nSPS) is 10.9. The lowest BCUT2D eigenvalue weighted by Crippen LogP contribution is -2.22. The molecule has 1 aromatic carbocycles. The van der Waals surface area contributed by atoms with E-state index in [1.807, 2.05) is 12.1 Å². The largest absolute Gasteiger partial charge is 0.443 e. The Hall–Kier alpha value is -1.86. The lowest BCUT2D eigenvalue weighted by atomic mass is 10.1. The molecule has 4 nitrogen and oxygen atoms in total. The van der Waals surface area contributed by atoms with Crippen LogP contribution in [0, 0.1) is 11.3 Å². The van der Waals surface area contributed by atoms with E-state index >= 15 is 0 Å². The zero-order valence-corrected chi connectivity index (χ0v) is 10.6. The van der Waals surface area contributed by atoms with E-state index in [0.29, 0.717) is 6.42 Å². The molecule has 0 saturated heterocycles. The number of nitrogens with zero attached hydrogens (tertiary/aromatic N) is 3. The third kappa shape index (κ3) is 3.31. The minimum Gasteiger partial charge on any atom is -0.443 e. The van der Waals surface area contributed by atoms with Crippen molar-refractivity contribution in [1.29, 1.82) is 5.26 Å². The van der Waals surface area contributed by atoms with E-state index < -0.39 is 0 Å². The maximum Gasteiger partial charge on any atom is 0.181 e. The van der Waals surface area contributed by atoms with Crippen LogP contribution in [0.3, 0.4) is 0 Å². The molecule has 4 heteroatoms. The first-order valence-electron chi connectivity index (χ1n) is 6.17. The minimum absolute atomic E-state index is 0.633. The molecule has 0 amide bonds. The van der Waals surface area contributed by atoms with E-state index in [2.05, 4.69) is 29.1 Å². The summed E-state index contributed by atoms with van der Waals surface area (Å²) in [5.74, 6) is 0. The van der Waals surface area contributed by atoms with Gasteiger partial charge in [-0.3, -0.25) is 0 Å². The molecule has 2 aromatic rings. The van der Waals surface area contributed by atoms with Crippen molar-refractivity contribution in [2.45, 2.75) is 19.3 Å². The second-order valence-electron chi connectivity index (χ2n) is 4.47. The Morgan fingerprint density at radius 3 is 3.11 bits per heavy atom. The SMILES string of the molecule is CN(CCCC#N)CCc1ccc2ncoc2c1. The molecule has 0 atom stereocenters. The van der Waals surface area contributed by atoms with Crippen LogP contribution in [0.15, 0.2) is 29.0 Å². The van der Waals surface area contributed by atoms with Crippen LogP contribution in [0.1, 0.15) is 18.4 Å². The summed E-state index contributed by atoms with van der Waals surface area (Å²) in [6, 6.07) is 8.30. The molecule has 18 heavy (non-hydrogen) atoms. The molecule has 0 aliphatic carbocycles. The summed E-state index contributed by atoms with van der Waals surface area (Å²) >= 11 is 0. The maximum absolute atomic E-state index is 8.48. The van der Waals surface area contributed by atoms with Crippen molar-refractivity contribution in [2.24, 2.45) is 0 Å². The number of unbranched alkanes of at least 4 members (excludes halogenated alkanes) is 1. The van der Waals surface area contributed by atoms with Crippen molar-refractivity contribution in [2.75, 3.05) is 20.1 Å². The summed E-state index contributed by atoms with van der Waals surface area (Å²) in [6.45, 7) is 1.96. The Labute approximate surface area is 107 Å². The summed E-state index contributed by atoms with van der Waals surface area (Å²) in [5.41, 5.74) is 3.01. The zero-order valence-electron chi connectivity index (χ0n) is 10.6. The van der Waals surface area contributed by atoms with Crippen molar-refractivity contribution >= 4 is 11.1 Å². The van der Waals surface area contributed by atoms with Crippen LogP contribution in [0.5, 0.6) is 0 Å². The van der Waals surface area contributed by atoms with Crippen LogP contribution in [0.2, 0.25) is 0 Å². The molecule has 0 radical (unpaired) electrons. The van der Waals surface area contributed by atoms with Gasteiger partial charge in [-0.25, -0.2) is 4.98 Å². The van der Waals surface area contributed by atoms with E-state index in [1.54, 1.807) is 0 Å². The lowest BCUT2D eigenvalue weighted by Gasteiger charge is -2.15. The maximum atomic E-state index is 8.48. The monoisotopic (exact) mass is 243 g/mol. The summed E-state index contributed by atoms with van der Waals surface area (Å²) in [7, 11) is 2.09. The van der Waals surface area contributed by atoms with E-state index in [4.69, 9.17) is 9.68 Å². The summed E-state index contributed by atoms with van der Waals surface area (Å²) < 4.78 is 5.28. The van der Waals surface area contributed by atoms with Crippen LogP contribution in [-0.4, -0.2) is 30.0 Å². The van der Waals surface area contributed by atoms with Gasteiger partial charge in [0.25, 0.3) is 0 Å². The highest BCUT2D eigenvalue weighted by molar-refractivity contribution is 5.72. The van der Waals surface area contributed by atoms with E-state index in [-0.39, 0.29) is 0 Å². The number of benzene rings is 1. The molecular weight excluding hydrogens is 226 g/mol. The Balaban J connectivity index is 1.84. The van der Waals surface area contributed by atoms with Crippen LogP contribution in [0.4, 0.5) is 0 Å². The quantitative estimate of drug-likeness (QED) is 0.732. The topological polar surface area (TPSA) is 53.1 Å². The number of oxazole rings is 1. The number of fused-ring (bicyclic) bond motifs is 1. The molecule has 0 fully saturated rings. The van der Waals surface area contributed by atoms with Gasteiger partial charge in [-0.1, -0.05) is 6.07 Å². The number of hydrogen-bond donors (Lipinski definition) is 0. The van der Waals surface area contributed by atoms with Crippen LogP contribution in [0.25, 0.3) is 11.1 Å². The van der Waals surface area contributed by atoms with Crippen molar-refractivity contribution in [1.82, 2.24) is 9.88 Å². The Morgan fingerprint density at radius 1 is 1.39 bits per heavy atom. The molecule has 94 valence electrons. The number of rotatable bonds is 6. The minimum atomic E-state index is 0.633. The van der Waals surface area contributed by atoms with E-state index in [1.165, 1.54) is 12.0 Å². The molecule has 0 aliphatic rings. The van der Waals surface area contributed by atoms with E-state index in [0.717, 1.165) is 37.0 Å². The fourth-order valence-corrected chi connectivity index (χ4v) is 1.91. The Bertz CT molecular complexity index is 541. The van der Waals surface area contributed by atoms with Crippen LogP contribution >= 0.6 is 0 Å².